The fourth-order valence-electron chi connectivity index (χ4n) is 2.08. The zero-order valence-corrected chi connectivity index (χ0v) is 14.7. The van der Waals surface area contributed by atoms with Crippen molar-refractivity contribution in [2.75, 3.05) is 0 Å². The summed E-state index contributed by atoms with van der Waals surface area (Å²) in [6, 6.07) is 11.2. The van der Waals surface area contributed by atoms with Gasteiger partial charge in [0.15, 0.2) is 5.82 Å². The second kappa shape index (κ2) is 7.14. The zero-order chi connectivity index (χ0) is 18.0. The van der Waals surface area contributed by atoms with Crippen LogP contribution in [0.3, 0.4) is 0 Å². The first kappa shape index (κ1) is 17.3. The van der Waals surface area contributed by atoms with Gasteiger partial charge in [-0.3, -0.25) is 10.1 Å². The molecule has 0 aliphatic rings. The molecule has 0 saturated heterocycles. The largest absolute Gasteiger partial charge is 0.270 e. The van der Waals surface area contributed by atoms with Crippen molar-refractivity contribution in [2.45, 2.75) is 0 Å². The van der Waals surface area contributed by atoms with Crippen LogP contribution in [0.15, 0.2) is 47.6 Å². The van der Waals surface area contributed by atoms with Crippen LogP contribution in [-0.2, 0) is 0 Å². The average molecular weight is 394 g/mol. The molecule has 0 unspecified atom stereocenters. The fraction of sp³-hybridized carbons (Fsp3) is 0. The Morgan fingerprint density at radius 1 is 1.24 bits per heavy atom. The van der Waals surface area contributed by atoms with Gasteiger partial charge in [-0.25, -0.2) is 5.10 Å². The molecule has 1 aromatic heterocycles. The zero-order valence-electron chi connectivity index (χ0n) is 12.4. The lowest BCUT2D eigenvalue weighted by molar-refractivity contribution is -0.384. The van der Waals surface area contributed by atoms with E-state index in [0.717, 1.165) is 0 Å². The molecular formula is C15H9Cl2N5O2S. The molecule has 3 aromatic rings. The Bertz CT molecular complexity index is 1040. The number of non-ortho nitro benzene ring substituents is 1. The summed E-state index contributed by atoms with van der Waals surface area (Å²) >= 11 is 17.4. The lowest BCUT2D eigenvalue weighted by Gasteiger charge is -2.03. The van der Waals surface area contributed by atoms with E-state index in [-0.39, 0.29) is 10.5 Å². The summed E-state index contributed by atoms with van der Waals surface area (Å²) in [7, 11) is 0. The summed E-state index contributed by atoms with van der Waals surface area (Å²) in [6.45, 7) is 0. The average Bonchev–Trinajstić information content (AvgIpc) is 2.95. The molecule has 0 amide bonds. The highest BCUT2D eigenvalue weighted by Crippen LogP contribution is 2.26. The van der Waals surface area contributed by atoms with Crippen LogP contribution >= 0.6 is 35.4 Å². The molecule has 126 valence electrons. The fourth-order valence-corrected chi connectivity index (χ4v) is 2.65. The first-order valence-electron chi connectivity index (χ1n) is 6.88. The molecule has 0 bridgehead atoms. The highest BCUT2D eigenvalue weighted by Gasteiger charge is 2.12. The summed E-state index contributed by atoms with van der Waals surface area (Å²) in [5.74, 6) is 0.411. The maximum Gasteiger partial charge on any atom is 0.270 e. The first-order valence-corrected chi connectivity index (χ1v) is 8.04. The minimum Gasteiger partial charge on any atom is -0.258 e. The third kappa shape index (κ3) is 3.60. The summed E-state index contributed by atoms with van der Waals surface area (Å²) in [5.41, 5.74) is 0.927. The molecule has 0 aliphatic heterocycles. The minimum atomic E-state index is -0.508. The molecule has 2 aromatic carbocycles. The van der Waals surface area contributed by atoms with E-state index in [1.807, 2.05) is 6.07 Å². The quantitative estimate of drug-likeness (QED) is 0.301. The Balaban J connectivity index is 2.05. The lowest BCUT2D eigenvalue weighted by Crippen LogP contribution is -1.97. The Morgan fingerprint density at radius 2 is 2.00 bits per heavy atom. The highest BCUT2D eigenvalue weighted by molar-refractivity contribution is 7.71. The molecule has 25 heavy (non-hydrogen) atoms. The van der Waals surface area contributed by atoms with E-state index >= 15 is 0 Å². The topological polar surface area (TPSA) is 89.1 Å². The monoisotopic (exact) mass is 393 g/mol. The maximum absolute atomic E-state index is 10.9. The number of nitro groups is 1. The number of hydrogen-bond acceptors (Lipinski definition) is 5. The molecule has 0 radical (unpaired) electrons. The number of halogens is 2. The van der Waals surface area contributed by atoms with Crippen LogP contribution in [0.5, 0.6) is 0 Å². The van der Waals surface area contributed by atoms with Gasteiger partial charge >= 0.3 is 0 Å². The number of nitrogens with one attached hydrogen (secondary N) is 1. The van der Waals surface area contributed by atoms with Crippen molar-refractivity contribution >= 4 is 47.3 Å². The Morgan fingerprint density at radius 3 is 2.72 bits per heavy atom. The third-order valence-corrected chi connectivity index (χ3v) is 4.21. The van der Waals surface area contributed by atoms with Crippen molar-refractivity contribution in [3.05, 3.63) is 73.0 Å². The molecule has 3 rings (SSSR count). The standard InChI is InChI=1S/C15H9Cl2N5O2S/c16-12-6-5-10(22(23)24)7-9(12)8-18-21-14(19-20-15(21)25)11-3-1-2-4-13(11)17/h1-8H,(H,20,25)/b18-8-. The van der Waals surface area contributed by atoms with Crippen LogP contribution in [0.4, 0.5) is 5.69 Å². The van der Waals surface area contributed by atoms with Crippen LogP contribution in [0.25, 0.3) is 11.4 Å². The normalized spacial score (nSPS) is 11.1. The van der Waals surface area contributed by atoms with Crippen molar-refractivity contribution in [1.82, 2.24) is 14.9 Å². The second-order valence-corrected chi connectivity index (χ2v) is 6.05. The van der Waals surface area contributed by atoms with E-state index in [9.17, 15) is 10.1 Å². The summed E-state index contributed by atoms with van der Waals surface area (Å²) in [5, 5.41) is 22.7. The van der Waals surface area contributed by atoms with Crippen LogP contribution in [0.1, 0.15) is 5.56 Å². The van der Waals surface area contributed by atoms with Crippen LogP contribution in [0, 0.1) is 14.9 Å². The Labute approximate surface area is 156 Å². The van der Waals surface area contributed by atoms with E-state index in [4.69, 9.17) is 35.4 Å². The van der Waals surface area contributed by atoms with Crippen molar-refractivity contribution < 1.29 is 4.92 Å². The molecule has 0 aliphatic carbocycles. The first-order chi connectivity index (χ1) is 12.0. The van der Waals surface area contributed by atoms with Crippen molar-refractivity contribution in [2.24, 2.45) is 5.10 Å². The molecule has 1 N–H and O–H groups in total. The van der Waals surface area contributed by atoms with Gasteiger partial charge in [-0.1, -0.05) is 35.3 Å². The molecule has 0 saturated carbocycles. The Hall–Kier alpha value is -2.55. The van der Waals surface area contributed by atoms with Crippen molar-refractivity contribution in [1.29, 1.82) is 0 Å². The lowest BCUT2D eigenvalue weighted by atomic mass is 10.2. The summed E-state index contributed by atoms with van der Waals surface area (Å²) in [6.07, 6.45) is 1.38. The molecule has 0 atom stereocenters. The van der Waals surface area contributed by atoms with Gasteiger partial charge in [0.2, 0.25) is 4.77 Å². The number of H-pyrrole nitrogens is 1. The smallest absolute Gasteiger partial charge is 0.258 e. The summed E-state index contributed by atoms with van der Waals surface area (Å²) < 4.78 is 1.61. The van der Waals surface area contributed by atoms with E-state index in [2.05, 4.69) is 15.3 Å². The number of benzene rings is 2. The Kier molecular flexibility index (Phi) is 4.93. The van der Waals surface area contributed by atoms with E-state index < -0.39 is 4.92 Å². The van der Waals surface area contributed by atoms with Crippen LogP contribution in [-0.4, -0.2) is 26.0 Å². The van der Waals surface area contributed by atoms with Crippen LogP contribution < -0.4 is 0 Å². The predicted molar refractivity (Wildman–Crippen MR) is 99.0 cm³/mol. The highest BCUT2D eigenvalue weighted by atomic mass is 35.5. The van der Waals surface area contributed by atoms with Gasteiger partial charge in [0, 0.05) is 28.3 Å². The minimum absolute atomic E-state index is 0.0898. The van der Waals surface area contributed by atoms with Crippen molar-refractivity contribution in [3.8, 4) is 11.4 Å². The van der Waals surface area contributed by atoms with Gasteiger partial charge in [0.1, 0.15) is 0 Å². The SMILES string of the molecule is O=[N+]([O-])c1ccc(Cl)c(/C=N\n2c(-c3ccccc3Cl)n[nH]c2=S)c1. The number of nitrogens with zero attached hydrogens (tertiary/aromatic N) is 4. The van der Waals surface area contributed by atoms with Gasteiger partial charge in [-0.2, -0.15) is 14.9 Å². The number of aromatic amines is 1. The summed E-state index contributed by atoms with van der Waals surface area (Å²) in [4.78, 5) is 10.4. The molecular weight excluding hydrogens is 385 g/mol. The van der Waals surface area contributed by atoms with Crippen LogP contribution in [0.2, 0.25) is 10.0 Å². The third-order valence-electron chi connectivity index (χ3n) is 3.27. The number of aromatic nitrogens is 3. The maximum atomic E-state index is 10.9. The van der Waals surface area contributed by atoms with Gasteiger partial charge in [-0.15, -0.1) is 0 Å². The van der Waals surface area contributed by atoms with E-state index in [1.54, 1.807) is 18.2 Å². The molecule has 1 heterocycles. The molecule has 10 heteroatoms. The molecule has 7 nitrogen and oxygen atoms in total. The van der Waals surface area contributed by atoms with E-state index in [1.165, 1.54) is 29.1 Å². The molecule has 0 spiro atoms. The molecule has 0 fully saturated rings. The van der Waals surface area contributed by atoms with Gasteiger partial charge in [-0.05, 0) is 30.4 Å². The van der Waals surface area contributed by atoms with Gasteiger partial charge < -0.3 is 0 Å². The van der Waals surface area contributed by atoms with Crippen molar-refractivity contribution in [3.63, 3.8) is 0 Å². The number of hydrogen-bond donors (Lipinski definition) is 1. The predicted octanol–water partition coefficient (Wildman–Crippen LogP) is 4.70. The van der Waals surface area contributed by atoms with E-state index in [0.29, 0.717) is 27.0 Å². The van der Waals surface area contributed by atoms with Gasteiger partial charge in [0.25, 0.3) is 5.69 Å². The number of rotatable bonds is 4. The number of nitro benzene ring substituents is 1. The van der Waals surface area contributed by atoms with Gasteiger partial charge in [0.05, 0.1) is 16.2 Å². The second-order valence-electron chi connectivity index (χ2n) is 4.85.